The predicted molar refractivity (Wildman–Crippen MR) is 129 cm³/mol. The highest BCUT2D eigenvalue weighted by molar-refractivity contribution is 5.23. The first-order chi connectivity index (χ1) is 13.9. The van der Waals surface area contributed by atoms with Crippen molar-refractivity contribution in [2.24, 2.45) is 62.6 Å². The monoisotopic (exact) mass is 410 g/mol. The molecule has 0 heteroatoms. The second kappa shape index (κ2) is 6.41. The number of hydrogen-bond donors (Lipinski definition) is 0. The van der Waals surface area contributed by atoms with E-state index in [0.717, 1.165) is 35.5 Å². The van der Waals surface area contributed by atoms with Gasteiger partial charge in [-0.05, 0) is 120 Å². The largest absolute Gasteiger partial charge is 0.0874 e. The number of allylic oxidation sites excluding steroid dienone is 2. The lowest BCUT2D eigenvalue weighted by atomic mass is 9.33. The third kappa shape index (κ3) is 2.52. The fourth-order valence-electron chi connectivity index (χ4n) is 11.3. The van der Waals surface area contributed by atoms with Gasteiger partial charge in [-0.25, -0.2) is 0 Å². The van der Waals surface area contributed by atoms with E-state index in [1.54, 1.807) is 0 Å². The normalized spacial score (nSPS) is 56.8. The van der Waals surface area contributed by atoms with Crippen LogP contribution in [0, 0.1) is 62.6 Å². The Morgan fingerprint density at radius 1 is 0.733 bits per heavy atom. The highest BCUT2D eigenvalue weighted by Crippen LogP contribution is 2.76. The van der Waals surface area contributed by atoms with Gasteiger partial charge in [0.1, 0.15) is 0 Å². The second-order valence-corrected chi connectivity index (χ2v) is 14.8. The van der Waals surface area contributed by atoms with E-state index in [0.29, 0.717) is 27.1 Å². The van der Waals surface area contributed by atoms with E-state index in [1.165, 1.54) is 57.8 Å². The van der Waals surface area contributed by atoms with Gasteiger partial charge in [0.15, 0.2) is 0 Å². The molecule has 0 aromatic rings. The van der Waals surface area contributed by atoms with Crippen LogP contribution in [0.2, 0.25) is 0 Å². The molecule has 0 aliphatic heterocycles. The molecule has 0 unspecified atom stereocenters. The summed E-state index contributed by atoms with van der Waals surface area (Å²) in [6.07, 6.45) is 18.5. The maximum absolute atomic E-state index is 2.79. The van der Waals surface area contributed by atoms with Crippen molar-refractivity contribution in [1.29, 1.82) is 0 Å². The van der Waals surface area contributed by atoms with E-state index in [9.17, 15) is 0 Å². The standard InChI is InChI=1S/C30H50/c1-20(2)21-12-16-27(5)18-19-29(7)22(25(21)27)10-11-24-28(6)15-9-14-26(3,4)23(28)13-17-30(24,29)8/h9,15,20-25H,10-14,16-19H2,1-8H3/t21-,22+,23-,24+,25+,27+,28+,29+,30-/m0/s1. The molecule has 0 aromatic carbocycles. The van der Waals surface area contributed by atoms with E-state index in [-0.39, 0.29) is 0 Å². The van der Waals surface area contributed by atoms with Gasteiger partial charge in [-0.3, -0.25) is 0 Å². The van der Waals surface area contributed by atoms with Crippen molar-refractivity contribution in [3.63, 3.8) is 0 Å². The average molecular weight is 411 g/mol. The van der Waals surface area contributed by atoms with Crippen LogP contribution < -0.4 is 0 Å². The van der Waals surface area contributed by atoms with Gasteiger partial charge in [-0.2, -0.15) is 0 Å². The molecule has 0 heterocycles. The van der Waals surface area contributed by atoms with Crippen LogP contribution in [0.3, 0.4) is 0 Å². The molecule has 0 bridgehead atoms. The molecular formula is C30H50. The van der Waals surface area contributed by atoms with Crippen LogP contribution in [0.1, 0.15) is 113 Å². The summed E-state index contributed by atoms with van der Waals surface area (Å²) in [6, 6.07) is 0. The molecule has 5 rings (SSSR count). The van der Waals surface area contributed by atoms with Gasteiger partial charge in [0.05, 0.1) is 0 Å². The van der Waals surface area contributed by atoms with Crippen molar-refractivity contribution in [2.45, 2.75) is 113 Å². The molecule has 30 heavy (non-hydrogen) atoms. The fourth-order valence-corrected chi connectivity index (χ4v) is 11.3. The number of fused-ring (bicyclic) bond motifs is 7. The zero-order valence-electron chi connectivity index (χ0n) is 21.5. The van der Waals surface area contributed by atoms with Crippen LogP contribution in [0.4, 0.5) is 0 Å². The second-order valence-electron chi connectivity index (χ2n) is 14.8. The first-order valence-corrected chi connectivity index (χ1v) is 13.6. The third-order valence-corrected chi connectivity index (χ3v) is 13.0. The maximum Gasteiger partial charge on any atom is -0.00795 e. The van der Waals surface area contributed by atoms with Crippen LogP contribution in [0.25, 0.3) is 0 Å². The molecular weight excluding hydrogens is 360 g/mol. The van der Waals surface area contributed by atoms with Crippen molar-refractivity contribution < 1.29 is 0 Å². The Bertz CT molecular complexity index is 728. The molecule has 0 aromatic heterocycles. The third-order valence-electron chi connectivity index (χ3n) is 13.0. The Labute approximate surface area is 188 Å². The first-order valence-electron chi connectivity index (χ1n) is 13.6. The molecule has 0 saturated heterocycles. The molecule has 5 aliphatic rings. The highest BCUT2D eigenvalue weighted by atomic mass is 14.7. The molecule has 4 saturated carbocycles. The zero-order valence-corrected chi connectivity index (χ0v) is 21.5. The van der Waals surface area contributed by atoms with Gasteiger partial charge < -0.3 is 0 Å². The predicted octanol–water partition coefficient (Wildman–Crippen LogP) is 8.91. The molecule has 5 aliphatic carbocycles. The minimum absolute atomic E-state index is 0.413. The number of hydrogen-bond acceptors (Lipinski definition) is 0. The smallest absolute Gasteiger partial charge is 0.00795 e. The van der Waals surface area contributed by atoms with E-state index in [1.807, 2.05) is 0 Å². The van der Waals surface area contributed by atoms with E-state index < -0.39 is 0 Å². The highest BCUT2D eigenvalue weighted by Gasteiger charge is 2.69. The summed E-state index contributed by atoms with van der Waals surface area (Å²) >= 11 is 0. The minimum Gasteiger partial charge on any atom is -0.0874 e. The average Bonchev–Trinajstić information content (AvgIpc) is 2.99. The van der Waals surface area contributed by atoms with Gasteiger partial charge in [0.25, 0.3) is 0 Å². The lowest BCUT2D eigenvalue weighted by Gasteiger charge is -2.72. The van der Waals surface area contributed by atoms with Crippen LogP contribution in [0.5, 0.6) is 0 Å². The van der Waals surface area contributed by atoms with Crippen molar-refractivity contribution in [3.8, 4) is 0 Å². The van der Waals surface area contributed by atoms with Crippen LogP contribution in [-0.4, -0.2) is 0 Å². The topological polar surface area (TPSA) is 0 Å². The lowest BCUT2D eigenvalue weighted by Crippen LogP contribution is -2.64. The van der Waals surface area contributed by atoms with Crippen molar-refractivity contribution in [1.82, 2.24) is 0 Å². The summed E-state index contributed by atoms with van der Waals surface area (Å²) in [5.74, 6) is 5.53. The van der Waals surface area contributed by atoms with Gasteiger partial charge in [0, 0.05) is 0 Å². The van der Waals surface area contributed by atoms with Gasteiger partial charge >= 0.3 is 0 Å². The zero-order chi connectivity index (χ0) is 21.7. The molecule has 0 spiro atoms. The molecule has 0 N–H and O–H groups in total. The molecule has 170 valence electrons. The minimum atomic E-state index is 0.413. The Kier molecular flexibility index (Phi) is 4.61. The van der Waals surface area contributed by atoms with Crippen molar-refractivity contribution in [3.05, 3.63) is 12.2 Å². The Morgan fingerprint density at radius 3 is 2.17 bits per heavy atom. The van der Waals surface area contributed by atoms with Crippen molar-refractivity contribution >= 4 is 0 Å². The Balaban J connectivity index is 1.56. The first kappa shape index (κ1) is 21.6. The van der Waals surface area contributed by atoms with Gasteiger partial charge in [-0.1, -0.05) is 67.5 Å². The summed E-state index contributed by atoms with van der Waals surface area (Å²) in [5.41, 5.74) is 2.58. The van der Waals surface area contributed by atoms with Crippen molar-refractivity contribution in [2.75, 3.05) is 0 Å². The summed E-state index contributed by atoms with van der Waals surface area (Å²) in [6.45, 7) is 21.1. The number of rotatable bonds is 1. The Morgan fingerprint density at radius 2 is 1.47 bits per heavy atom. The molecule has 0 nitrogen and oxygen atoms in total. The van der Waals surface area contributed by atoms with Crippen LogP contribution >= 0.6 is 0 Å². The molecule has 0 amide bonds. The SMILES string of the molecule is CC(C)[C@@H]1CC[C@]2(C)CC[C@]3(C)[C@H](CC[C@@H]4[C@]5(C)C=CCC(C)(C)[C@@H]5CC[C@@]43C)[C@@H]12. The summed E-state index contributed by atoms with van der Waals surface area (Å²) in [4.78, 5) is 0. The summed E-state index contributed by atoms with van der Waals surface area (Å²) in [7, 11) is 0. The van der Waals surface area contributed by atoms with Crippen LogP contribution in [-0.2, 0) is 0 Å². The van der Waals surface area contributed by atoms with E-state index in [4.69, 9.17) is 0 Å². The van der Waals surface area contributed by atoms with Gasteiger partial charge in [0.2, 0.25) is 0 Å². The van der Waals surface area contributed by atoms with Gasteiger partial charge in [-0.15, -0.1) is 0 Å². The summed E-state index contributed by atoms with van der Waals surface area (Å²) < 4.78 is 0. The molecule has 9 atom stereocenters. The van der Waals surface area contributed by atoms with Crippen LogP contribution in [0.15, 0.2) is 12.2 Å². The lowest BCUT2D eigenvalue weighted by molar-refractivity contribution is -0.219. The summed E-state index contributed by atoms with van der Waals surface area (Å²) in [5, 5.41) is 0. The van der Waals surface area contributed by atoms with E-state index in [2.05, 4.69) is 67.5 Å². The molecule has 0 radical (unpaired) electrons. The van der Waals surface area contributed by atoms with E-state index >= 15 is 0 Å². The quantitative estimate of drug-likeness (QED) is 0.378. The molecule has 4 fully saturated rings. The Hall–Kier alpha value is -0.260. The maximum atomic E-state index is 2.79. The fraction of sp³-hybridized carbons (Fsp3) is 0.933.